The van der Waals surface area contributed by atoms with Gasteiger partial charge in [0.2, 0.25) is 5.91 Å². The van der Waals surface area contributed by atoms with Crippen LogP contribution in [0.25, 0.3) is 11.4 Å². The van der Waals surface area contributed by atoms with Crippen LogP contribution in [0.4, 0.5) is 10.6 Å². The third kappa shape index (κ3) is 7.44. The van der Waals surface area contributed by atoms with Gasteiger partial charge in [-0.2, -0.15) is 0 Å². The first-order valence-electron chi connectivity index (χ1n) is 13.4. The molecule has 40 heavy (non-hydrogen) atoms. The first-order valence-corrected chi connectivity index (χ1v) is 13.4. The molecule has 1 aromatic heterocycles. The Morgan fingerprint density at radius 2 is 1.68 bits per heavy atom. The summed E-state index contributed by atoms with van der Waals surface area (Å²) >= 11 is 0. The number of morpholine rings is 1. The summed E-state index contributed by atoms with van der Waals surface area (Å²) in [7, 11) is 0. The van der Waals surface area contributed by atoms with Gasteiger partial charge in [-0.25, -0.2) is 14.8 Å². The highest BCUT2D eigenvalue weighted by atomic mass is 16.6. The first-order chi connectivity index (χ1) is 19.4. The van der Waals surface area contributed by atoms with E-state index in [0.717, 1.165) is 5.56 Å². The van der Waals surface area contributed by atoms with Crippen molar-refractivity contribution in [3.63, 3.8) is 0 Å². The van der Waals surface area contributed by atoms with Crippen molar-refractivity contribution >= 4 is 29.7 Å². The van der Waals surface area contributed by atoms with Crippen LogP contribution in [0.15, 0.2) is 36.4 Å². The Kier molecular flexibility index (Phi) is 9.84. The van der Waals surface area contributed by atoms with Crippen molar-refractivity contribution in [2.45, 2.75) is 25.8 Å². The van der Waals surface area contributed by atoms with Crippen LogP contribution in [-0.2, 0) is 19.1 Å². The van der Waals surface area contributed by atoms with Crippen LogP contribution in [0.5, 0.6) is 0 Å². The molecule has 4 rings (SSSR count). The molecule has 1 atom stereocenters. The van der Waals surface area contributed by atoms with Crippen LogP contribution in [0.2, 0.25) is 0 Å². The number of benzene rings is 1. The molecule has 2 fully saturated rings. The predicted octanol–water partition coefficient (Wildman–Crippen LogP) is 1.24. The molecule has 2 aromatic rings. The number of amides is 3. The molecule has 0 radical (unpaired) electrons. The second kappa shape index (κ2) is 13.7. The summed E-state index contributed by atoms with van der Waals surface area (Å²) in [6.45, 7) is 5.27. The molecule has 214 valence electrons. The van der Waals surface area contributed by atoms with Crippen LogP contribution in [-0.4, -0.2) is 114 Å². The van der Waals surface area contributed by atoms with E-state index in [0.29, 0.717) is 37.9 Å². The van der Waals surface area contributed by atoms with Crippen LogP contribution < -0.4 is 10.2 Å². The minimum atomic E-state index is -1.08. The molecule has 2 N–H and O–H groups in total. The van der Waals surface area contributed by atoms with Crippen molar-refractivity contribution < 1.29 is 33.8 Å². The lowest BCUT2D eigenvalue weighted by molar-refractivity contribution is -0.138. The van der Waals surface area contributed by atoms with E-state index in [1.165, 1.54) is 9.80 Å². The molecular weight excluding hydrogens is 520 g/mol. The second-order valence-electron chi connectivity index (χ2n) is 9.37. The molecule has 0 aliphatic carbocycles. The molecule has 1 aromatic carbocycles. The van der Waals surface area contributed by atoms with Gasteiger partial charge in [0.25, 0.3) is 5.91 Å². The Morgan fingerprint density at radius 1 is 1.00 bits per heavy atom. The highest BCUT2D eigenvalue weighted by molar-refractivity contribution is 5.97. The van der Waals surface area contributed by atoms with Crippen molar-refractivity contribution in [2.24, 2.45) is 0 Å². The first kappa shape index (κ1) is 28.7. The number of rotatable bonds is 9. The average molecular weight is 555 g/mol. The van der Waals surface area contributed by atoms with Gasteiger partial charge >= 0.3 is 12.1 Å². The lowest BCUT2D eigenvalue weighted by atomic mass is 10.1. The van der Waals surface area contributed by atoms with E-state index < -0.39 is 29.9 Å². The van der Waals surface area contributed by atoms with Crippen LogP contribution >= 0.6 is 0 Å². The average Bonchev–Trinajstić information content (AvgIpc) is 2.99. The number of hydrogen-bond donors (Lipinski definition) is 2. The number of carbonyl (C=O) groups excluding carboxylic acids is 3. The van der Waals surface area contributed by atoms with Gasteiger partial charge < -0.3 is 34.6 Å². The monoisotopic (exact) mass is 554 g/mol. The zero-order valence-corrected chi connectivity index (χ0v) is 22.5. The number of aromatic nitrogens is 2. The van der Waals surface area contributed by atoms with Crippen molar-refractivity contribution in [1.82, 2.24) is 25.1 Å². The molecule has 0 spiro atoms. The van der Waals surface area contributed by atoms with Gasteiger partial charge in [-0.15, -0.1) is 0 Å². The number of carboxylic acid groups (broad SMARTS) is 1. The summed E-state index contributed by atoms with van der Waals surface area (Å²) in [6, 6.07) is 9.74. The molecule has 2 saturated heterocycles. The minimum absolute atomic E-state index is 0.0654. The normalized spacial score (nSPS) is 16.3. The molecule has 13 nitrogen and oxygen atoms in total. The van der Waals surface area contributed by atoms with Gasteiger partial charge in [0.05, 0.1) is 19.8 Å². The van der Waals surface area contributed by atoms with Crippen molar-refractivity contribution in [2.75, 3.05) is 64.0 Å². The maximum Gasteiger partial charge on any atom is 0.409 e. The fraction of sp³-hybridized carbons (Fsp3) is 0.481. The van der Waals surface area contributed by atoms with Crippen molar-refractivity contribution in [1.29, 1.82) is 0 Å². The quantitative estimate of drug-likeness (QED) is 0.463. The van der Waals surface area contributed by atoms with Crippen molar-refractivity contribution in [3.8, 4) is 11.4 Å². The Balaban J connectivity index is 1.54. The van der Waals surface area contributed by atoms with E-state index in [9.17, 15) is 24.3 Å². The topological polar surface area (TPSA) is 154 Å². The molecule has 0 unspecified atom stereocenters. The molecule has 2 aliphatic rings. The number of aliphatic carboxylic acids is 1. The smallest absolute Gasteiger partial charge is 0.409 e. The maximum atomic E-state index is 13.5. The van der Waals surface area contributed by atoms with Crippen LogP contribution in [0.3, 0.4) is 0 Å². The predicted molar refractivity (Wildman–Crippen MR) is 144 cm³/mol. The second-order valence-corrected chi connectivity index (χ2v) is 9.37. The van der Waals surface area contributed by atoms with E-state index in [1.807, 2.05) is 35.2 Å². The number of piperazine rings is 1. The summed E-state index contributed by atoms with van der Waals surface area (Å²) in [5, 5.41) is 12.0. The van der Waals surface area contributed by atoms with Gasteiger partial charge in [-0.3, -0.25) is 14.4 Å². The number of ether oxygens (including phenoxy) is 2. The highest BCUT2D eigenvalue weighted by Crippen LogP contribution is 2.21. The molecule has 3 heterocycles. The number of carbonyl (C=O) groups is 4. The Hall–Kier alpha value is -4.26. The van der Waals surface area contributed by atoms with Gasteiger partial charge in [-0.05, 0) is 13.3 Å². The van der Waals surface area contributed by atoms with E-state index in [-0.39, 0.29) is 51.3 Å². The van der Waals surface area contributed by atoms with E-state index in [4.69, 9.17) is 9.47 Å². The summed E-state index contributed by atoms with van der Waals surface area (Å²) in [5.74, 6) is -1.18. The zero-order valence-electron chi connectivity index (χ0n) is 22.5. The number of anilines is 1. The Morgan fingerprint density at radius 3 is 2.33 bits per heavy atom. The fourth-order valence-corrected chi connectivity index (χ4v) is 4.52. The third-order valence-electron chi connectivity index (χ3n) is 6.68. The molecule has 2 aliphatic heterocycles. The lowest BCUT2D eigenvalue weighted by Crippen LogP contribution is -2.56. The molecule has 13 heteroatoms. The minimum Gasteiger partial charge on any atom is -0.481 e. The lowest BCUT2D eigenvalue weighted by Gasteiger charge is -2.36. The van der Waals surface area contributed by atoms with Gasteiger partial charge in [0.15, 0.2) is 5.82 Å². The van der Waals surface area contributed by atoms with Crippen molar-refractivity contribution in [3.05, 3.63) is 42.1 Å². The number of carboxylic acids is 1. The fourth-order valence-electron chi connectivity index (χ4n) is 4.52. The van der Waals surface area contributed by atoms with Gasteiger partial charge in [0.1, 0.15) is 17.6 Å². The number of nitrogens with zero attached hydrogens (tertiary/aromatic N) is 5. The van der Waals surface area contributed by atoms with Gasteiger partial charge in [0, 0.05) is 57.3 Å². The third-order valence-corrected chi connectivity index (χ3v) is 6.68. The zero-order chi connectivity index (χ0) is 28.5. The summed E-state index contributed by atoms with van der Waals surface area (Å²) < 4.78 is 10.5. The Labute approximate surface area is 232 Å². The molecule has 0 bridgehead atoms. The molecule has 3 amide bonds. The standard InChI is InChI=1S/C27H34N6O7/c1-2-40-27(38)33-12-10-32(11-13-33)26(37)20(8-9-23(34)35)29-25(36)21-18-22(31-14-16-39-17-15-31)30-24(28-21)19-6-4-3-5-7-19/h3-7,18,20H,2,8-17H2,1H3,(H,29,36)(H,34,35)/t20-/m0/s1. The molecule has 0 saturated carbocycles. The number of nitrogens with one attached hydrogen (secondary N) is 1. The highest BCUT2D eigenvalue weighted by Gasteiger charge is 2.31. The SMILES string of the molecule is CCOC(=O)N1CCN(C(=O)[C@H](CCC(=O)O)NC(=O)c2cc(N3CCOCC3)nc(-c3ccccc3)n2)CC1. The van der Waals surface area contributed by atoms with Crippen LogP contribution in [0.1, 0.15) is 30.3 Å². The molecular formula is C27H34N6O7. The van der Waals surface area contributed by atoms with E-state index in [2.05, 4.69) is 15.3 Å². The number of hydrogen-bond acceptors (Lipinski definition) is 9. The maximum absolute atomic E-state index is 13.5. The summed E-state index contributed by atoms with van der Waals surface area (Å²) in [6.07, 6.45) is -0.845. The van der Waals surface area contributed by atoms with E-state index >= 15 is 0 Å². The van der Waals surface area contributed by atoms with Crippen LogP contribution in [0, 0.1) is 0 Å². The summed E-state index contributed by atoms with van der Waals surface area (Å²) in [4.78, 5) is 64.4. The van der Waals surface area contributed by atoms with Gasteiger partial charge in [-0.1, -0.05) is 30.3 Å². The van der Waals surface area contributed by atoms with E-state index in [1.54, 1.807) is 13.0 Å². The summed E-state index contributed by atoms with van der Waals surface area (Å²) in [5.41, 5.74) is 0.792. The largest absolute Gasteiger partial charge is 0.481 e. The Bertz CT molecular complexity index is 1200.